The molecule has 8 nitrogen and oxygen atoms in total. The van der Waals surface area contributed by atoms with Gasteiger partial charge < -0.3 is 19.8 Å². The minimum Gasteiger partial charge on any atom is -0.473 e. The van der Waals surface area contributed by atoms with E-state index in [0.29, 0.717) is 5.69 Å². The summed E-state index contributed by atoms with van der Waals surface area (Å²) >= 11 is 0. The van der Waals surface area contributed by atoms with Gasteiger partial charge in [-0.2, -0.15) is 5.26 Å². The van der Waals surface area contributed by atoms with E-state index in [-0.39, 0.29) is 18.7 Å². The predicted octanol–water partition coefficient (Wildman–Crippen LogP) is 2.70. The molecule has 0 saturated heterocycles. The van der Waals surface area contributed by atoms with Crippen LogP contribution in [-0.4, -0.2) is 28.5 Å². The second-order valence-corrected chi connectivity index (χ2v) is 5.08. The van der Waals surface area contributed by atoms with Gasteiger partial charge in [-0.05, 0) is 41.1 Å². The van der Waals surface area contributed by atoms with E-state index < -0.39 is 22.8 Å². The fourth-order valence-corrected chi connectivity index (χ4v) is 2.21. The molecule has 25 heavy (non-hydrogen) atoms. The SMILES string of the molecule is CC(Oc1cccnc1[N+](=O)[O-])C(=O)N(CCC#N)c1ccccc1. The number of para-hydroxylation sites is 1. The zero-order valence-corrected chi connectivity index (χ0v) is 13.5. The number of carbonyl (C=O) groups is 1. The lowest BCUT2D eigenvalue weighted by atomic mass is 10.2. The Morgan fingerprint density at radius 3 is 2.72 bits per heavy atom. The van der Waals surface area contributed by atoms with Crippen LogP contribution in [0.2, 0.25) is 0 Å². The molecule has 0 aliphatic heterocycles. The van der Waals surface area contributed by atoms with Crippen LogP contribution in [0.15, 0.2) is 48.7 Å². The molecule has 0 saturated carbocycles. The molecule has 0 aliphatic rings. The number of ether oxygens (including phenoxy) is 1. The summed E-state index contributed by atoms with van der Waals surface area (Å²) in [5.41, 5.74) is 0.624. The van der Waals surface area contributed by atoms with Gasteiger partial charge in [-0.1, -0.05) is 18.2 Å². The van der Waals surface area contributed by atoms with E-state index in [1.807, 2.05) is 12.1 Å². The maximum atomic E-state index is 12.7. The van der Waals surface area contributed by atoms with Crippen molar-refractivity contribution in [1.82, 2.24) is 4.98 Å². The smallest absolute Gasteiger partial charge is 0.406 e. The van der Waals surface area contributed by atoms with Gasteiger partial charge in [-0.15, -0.1) is 0 Å². The second kappa shape index (κ2) is 8.40. The Balaban J connectivity index is 2.21. The van der Waals surface area contributed by atoms with Crippen molar-refractivity contribution in [2.45, 2.75) is 19.4 Å². The predicted molar refractivity (Wildman–Crippen MR) is 90.0 cm³/mol. The third-order valence-electron chi connectivity index (χ3n) is 3.36. The molecule has 8 heteroatoms. The molecule has 128 valence electrons. The van der Waals surface area contributed by atoms with E-state index >= 15 is 0 Å². The molecule has 1 heterocycles. The molecule has 0 fully saturated rings. The van der Waals surface area contributed by atoms with Crippen molar-refractivity contribution in [2.24, 2.45) is 0 Å². The summed E-state index contributed by atoms with van der Waals surface area (Å²) in [5.74, 6) is -0.938. The molecule has 2 rings (SSSR count). The number of hydrogen-bond acceptors (Lipinski definition) is 6. The lowest BCUT2D eigenvalue weighted by Gasteiger charge is -2.25. The van der Waals surface area contributed by atoms with E-state index in [1.165, 1.54) is 30.2 Å². The first-order valence-corrected chi connectivity index (χ1v) is 7.54. The van der Waals surface area contributed by atoms with Crippen molar-refractivity contribution in [3.63, 3.8) is 0 Å². The molecular weight excluding hydrogens is 324 g/mol. The quantitative estimate of drug-likeness (QED) is 0.566. The summed E-state index contributed by atoms with van der Waals surface area (Å²) in [5, 5.41) is 19.8. The lowest BCUT2D eigenvalue weighted by Crippen LogP contribution is -2.41. The average molecular weight is 340 g/mol. The topological polar surface area (TPSA) is 109 Å². The number of rotatable bonds is 7. The molecule has 1 aromatic carbocycles. The monoisotopic (exact) mass is 340 g/mol. The van der Waals surface area contributed by atoms with Crippen molar-refractivity contribution in [2.75, 3.05) is 11.4 Å². The lowest BCUT2D eigenvalue weighted by molar-refractivity contribution is -0.390. The molecule has 1 unspecified atom stereocenters. The molecule has 0 N–H and O–H groups in total. The number of nitriles is 1. The van der Waals surface area contributed by atoms with Crippen molar-refractivity contribution in [3.05, 3.63) is 58.8 Å². The van der Waals surface area contributed by atoms with Gasteiger partial charge >= 0.3 is 5.82 Å². The highest BCUT2D eigenvalue weighted by atomic mass is 16.6. The van der Waals surface area contributed by atoms with Crippen LogP contribution in [0.3, 0.4) is 0 Å². The Hall–Kier alpha value is -3.47. The highest BCUT2D eigenvalue weighted by Gasteiger charge is 2.26. The van der Waals surface area contributed by atoms with Gasteiger partial charge in [0, 0.05) is 12.2 Å². The van der Waals surface area contributed by atoms with Gasteiger partial charge in [-0.3, -0.25) is 4.79 Å². The first kappa shape index (κ1) is 17.9. The first-order valence-electron chi connectivity index (χ1n) is 7.54. The maximum absolute atomic E-state index is 12.7. The van der Waals surface area contributed by atoms with E-state index in [1.54, 1.807) is 24.3 Å². The van der Waals surface area contributed by atoms with Crippen molar-refractivity contribution >= 4 is 17.4 Å². The van der Waals surface area contributed by atoms with Crippen LogP contribution in [0.25, 0.3) is 0 Å². The Morgan fingerprint density at radius 1 is 1.36 bits per heavy atom. The molecule has 1 atom stereocenters. The van der Waals surface area contributed by atoms with Crippen LogP contribution >= 0.6 is 0 Å². The Kier molecular flexibility index (Phi) is 6.01. The molecule has 2 aromatic rings. The number of pyridine rings is 1. The van der Waals surface area contributed by atoms with Crippen LogP contribution < -0.4 is 9.64 Å². The molecule has 0 spiro atoms. The normalized spacial score (nSPS) is 11.2. The second-order valence-electron chi connectivity index (χ2n) is 5.08. The third-order valence-corrected chi connectivity index (χ3v) is 3.36. The molecule has 0 bridgehead atoms. The number of nitro groups is 1. The fourth-order valence-electron chi connectivity index (χ4n) is 2.21. The number of aromatic nitrogens is 1. The van der Waals surface area contributed by atoms with Gasteiger partial charge in [-0.25, -0.2) is 0 Å². The number of benzene rings is 1. The molecular formula is C17H16N4O4. The molecule has 0 aliphatic carbocycles. The maximum Gasteiger partial charge on any atom is 0.406 e. The summed E-state index contributed by atoms with van der Waals surface area (Å²) in [6.45, 7) is 1.70. The zero-order valence-electron chi connectivity index (χ0n) is 13.5. The minimum atomic E-state index is -0.984. The number of amides is 1. The summed E-state index contributed by atoms with van der Waals surface area (Å²) in [7, 11) is 0. The van der Waals surface area contributed by atoms with E-state index in [2.05, 4.69) is 4.98 Å². The average Bonchev–Trinajstić information content (AvgIpc) is 2.63. The van der Waals surface area contributed by atoms with Crippen LogP contribution in [0.1, 0.15) is 13.3 Å². The highest BCUT2D eigenvalue weighted by molar-refractivity contribution is 5.96. The third kappa shape index (κ3) is 4.51. The standard InChI is InChI=1S/C17H16N4O4/c1-13(25-15-9-5-11-19-16(15)21(23)24)17(22)20(12-6-10-18)14-7-3-2-4-8-14/h2-5,7-9,11,13H,6,12H2,1H3. The zero-order chi connectivity index (χ0) is 18.2. The van der Waals surface area contributed by atoms with Crippen LogP contribution in [0.5, 0.6) is 5.75 Å². The van der Waals surface area contributed by atoms with Gasteiger partial charge in [0.25, 0.3) is 5.91 Å². The van der Waals surface area contributed by atoms with Crippen molar-refractivity contribution in [3.8, 4) is 11.8 Å². The minimum absolute atomic E-state index is 0.0818. The molecule has 1 amide bonds. The molecule has 0 radical (unpaired) electrons. The largest absolute Gasteiger partial charge is 0.473 e. The van der Waals surface area contributed by atoms with Crippen LogP contribution in [-0.2, 0) is 4.79 Å². The number of hydrogen-bond donors (Lipinski definition) is 0. The summed E-state index contributed by atoms with van der Waals surface area (Å²) < 4.78 is 5.47. The Bertz CT molecular complexity index is 789. The van der Waals surface area contributed by atoms with Crippen molar-refractivity contribution < 1.29 is 14.5 Å². The van der Waals surface area contributed by atoms with Crippen molar-refractivity contribution in [1.29, 1.82) is 5.26 Å². The van der Waals surface area contributed by atoms with Crippen LogP contribution in [0.4, 0.5) is 11.5 Å². The van der Waals surface area contributed by atoms with E-state index in [0.717, 1.165) is 0 Å². The van der Waals surface area contributed by atoms with Crippen LogP contribution in [0, 0.1) is 21.4 Å². The van der Waals surface area contributed by atoms with Gasteiger partial charge in [0.05, 0.1) is 12.5 Å². The summed E-state index contributed by atoms with van der Waals surface area (Å²) in [6.07, 6.45) is 0.447. The van der Waals surface area contributed by atoms with E-state index in [9.17, 15) is 14.9 Å². The summed E-state index contributed by atoms with van der Waals surface area (Å²) in [6, 6.07) is 13.7. The first-order chi connectivity index (χ1) is 12.0. The Morgan fingerprint density at radius 2 is 2.08 bits per heavy atom. The number of anilines is 1. The van der Waals surface area contributed by atoms with Gasteiger partial charge in [0.1, 0.15) is 6.20 Å². The summed E-state index contributed by atoms with van der Waals surface area (Å²) in [4.78, 5) is 28.1. The number of carbonyl (C=O) groups excluding carboxylic acids is 1. The number of nitrogens with zero attached hydrogens (tertiary/aromatic N) is 4. The van der Waals surface area contributed by atoms with Gasteiger partial charge in [0.15, 0.2) is 6.10 Å². The Labute approximate surface area is 144 Å². The molecule has 1 aromatic heterocycles. The van der Waals surface area contributed by atoms with Gasteiger partial charge in [0.2, 0.25) is 5.75 Å². The highest BCUT2D eigenvalue weighted by Crippen LogP contribution is 2.25. The fraction of sp³-hybridized carbons (Fsp3) is 0.235. The van der Waals surface area contributed by atoms with E-state index in [4.69, 9.17) is 10.00 Å².